The molecule has 0 bridgehead atoms. The maximum Gasteiger partial charge on any atom is 0.176 e. The van der Waals surface area contributed by atoms with Gasteiger partial charge in [-0.05, 0) is 48.0 Å². The van der Waals surface area contributed by atoms with E-state index < -0.39 is 6.23 Å². The maximum atomic E-state index is 11.1. The highest BCUT2D eigenvalue weighted by molar-refractivity contribution is 8.18. The number of amidine groups is 1. The van der Waals surface area contributed by atoms with Crippen molar-refractivity contribution in [2.75, 3.05) is 4.90 Å². The lowest BCUT2D eigenvalue weighted by molar-refractivity contribution is 0.233. The Morgan fingerprint density at radius 1 is 0.966 bits per heavy atom. The zero-order valence-electron chi connectivity index (χ0n) is 15.3. The van der Waals surface area contributed by atoms with Crippen LogP contribution in [0.15, 0.2) is 94.3 Å². The van der Waals surface area contributed by atoms with Crippen molar-refractivity contribution in [1.29, 1.82) is 0 Å². The zero-order chi connectivity index (χ0) is 19.6. The minimum absolute atomic E-state index is 0.746. The van der Waals surface area contributed by atoms with Crippen LogP contribution in [-0.2, 0) is 0 Å². The van der Waals surface area contributed by atoms with Crippen molar-refractivity contribution in [3.63, 3.8) is 0 Å². The summed E-state index contributed by atoms with van der Waals surface area (Å²) in [6.45, 7) is 0. The van der Waals surface area contributed by atoms with Crippen molar-refractivity contribution in [3.05, 3.63) is 94.8 Å². The lowest BCUT2D eigenvalue weighted by Crippen LogP contribution is -2.32. The fourth-order valence-electron chi connectivity index (χ4n) is 3.20. The Bertz CT molecular complexity index is 1200. The van der Waals surface area contributed by atoms with Gasteiger partial charge in [-0.2, -0.15) is 0 Å². The minimum Gasteiger partial charge on any atom is -0.368 e. The van der Waals surface area contributed by atoms with E-state index >= 15 is 0 Å². The van der Waals surface area contributed by atoms with Crippen molar-refractivity contribution < 1.29 is 5.11 Å². The number of thiazole rings is 1. The highest BCUT2D eigenvalue weighted by Gasteiger charge is 2.34. The molecule has 0 spiro atoms. The van der Waals surface area contributed by atoms with E-state index in [1.165, 1.54) is 11.8 Å². The van der Waals surface area contributed by atoms with E-state index in [1.807, 2.05) is 83.2 Å². The summed E-state index contributed by atoms with van der Waals surface area (Å²) in [5.74, 6) is 0. The Hall–Kier alpha value is -2.93. The summed E-state index contributed by atoms with van der Waals surface area (Å²) in [4.78, 5) is 11.9. The summed E-state index contributed by atoms with van der Waals surface area (Å²) in [6.07, 6.45) is 1.22. The first-order valence-corrected chi connectivity index (χ1v) is 10.9. The second-order valence-electron chi connectivity index (χ2n) is 6.54. The number of benzene rings is 3. The molecule has 1 aromatic heterocycles. The normalized spacial score (nSPS) is 19.5. The van der Waals surface area contributed by atoms with E-state index in [2.05, 4.69) is 17.1 Å². The Morgan fingerprint density at radius 3 is 2.52 bits per heavy atom. The third-order valence-corrected chi connectivity index (χ3v) is 6.44. The minimum atomic E-state index is -0.795. The standard InChI is InChI=1S/C23H17N3OS2/c27-22-21(14-16-11-12-20-19(13-16)24-15-28-20)29-23(25-17-7-3-1-4-8-17)26(22)18-9-5-2-6-10-18/h1-15,22,27H/b21-14-,25-23?. The van der Waals surface area contributed by atoms with Crippen LogP contribution in [0.1, 0.15) is 5.56 Å². The van der Waals surface area contributed by atoms with E-state index in [-0.39, 0.29) is 0 Å². The SMILES string of the molecule is OC1/C(=C/c2ccc3scnc3c2)SC(=Nc2ccccc2)N1c1ccccc1. The van der Waals surface area contributed by atoms with Gasteiger partial charge in [0.15, 0.2) is 11.4 Å². The predicted octanol–water partition coefficient (Wildman–Crippen LogP) is 5.90. The molecule has 1 N–H and O–H groups in total. The molecule has 4 aromatic rings. The zero-order valence-corrected chi connectivity index (χ0v) is 17.0. The van der Waals surface area contributed by atoms with Gasteiger partial charge < -0.3 is 5.11 Å². The van der Waals surface area contributed by atoms with Crippen molar-refractivity contribution in [2.45, 2.75) is 6.23 Å². The lowest BCUT2D eigenvalue weighted by atomic mass is 10.2. The summed E-state index contributed by atoms with van der Waals surface area (Å²) >= 11 is 3.11. The van der Waals surface area contributed by atoms with Gasteiger partial charge in [0.2, 0.25) is 0 Å². The maximum absolute atomic E-state index is 11.1. The molecule has 1 atom stereocenters. The van der Waals surface area contributed by atoms with Gasteiger partial charge in [-0.25, -0.2) is 9.98 Å². The highest BCUT2D eigenvalue weighted by atomic mass is 32.2. The molecule has 0 amide bonds. The highest BCUT2D eigenvalue weighted by Crippen LogP contribution is 2.40. The largest absolute Gasteiger partial charge is 0.368 e. The van der Waals surface area contributed by atoms with Crippen molar-refractivity contribution >= 4 is 55.9 Å². The lowest BCUT2D eigenvalue weighted by Gasteiger charge is -2.22. The average molecular weight is 416 g/mol. The molecule has 3 aromatic carbocycles. The number of aliphatic hydroxyl groups excluding tert-OH is 1. The van der Waals surface area contributed by atoms with Gasteiger partial charge in [-0.1, -0.05) is 54.2 Å². The molecule has 1 fully saturated rings. The summed E-state index contributed by atoms with van der Waals surface area (Å²) in [6, 6.07) is 25.8. The van der Waals surface area contributed by atoms with Gasteiger partial charge in [-0.3, -0.25) is 4.90 Å². The van der Waals surface area contributed by atoms with Crippen molar-refractivity contribution in [3.8, 4) is 0 Å². The first kappa shape index (κ1) is 18.1. The van der Waals surface area contributed by atoms with Crippen molar-refractivity contribution in [2.24, 2.45) is 4.99 Å². The number of rotatable bonds is 3. The van der Waals surface area contributed by atoms with Crippen LogP contribution < -0.4 is 4.90 Å². The number of fused-ring (bicyclic) bond motifs is 1. The van der Waals surface area contributed by atoms with Gasteiger partial charge >= 0.3 is 0 Å². The molecule has 2 heterocycles. The third kappa shape index (κ3) is 3.70. The van der Waals surface area contributed by atoms with E-state index in [1.54, 1.807) is 11.3 Å². The number of nitrogens with zero attached hydrogens (tertiary/aromatic N) is 3. The summed E-state index contributed by atoms with van der Waals surface area (Å²) in [5.41, 5.74) is 5.59. The summed E-state index contributed by atoms with van der Waals surface area (Å²) in [7, 11) is 0. The van der Waals surface area contributed by atoms with E-state index in [4.69, 9.17) is 4.99 Å². The molecule has 1 saturated heterocycles. The van der Waals surface area contributed by atoms with Crippen molar-refractivity contribution in [1.82, 2.24) is 4.98 Å². The smallest absolute Gasteiger partial charge is 0.176 e. The van der Waals surface area contributed by atoms with Crippen LogP contribution in [0, 0.1) is 0 Å². The first-order chi connectivity index (χ1) is 14.3. The number of hydrogen-bond acceptors (Lipinski definition) is 5. The second-order valence-corrected chi connectivity index (χ2v) is 8.46. The van der Waals surface area contributed by atoms with E-state index in [0.717, 1.165) is 37.2 Å². The summed E-state index contributed by atoms with van der Waals surface area (Å²) in [5, 5.41) is 11.9. The number of para-hydroxylation sites is 2. The van der Waals surface area contributed by atoms with Crippen LogP contribution in [0.3, 0.4) is 0 Å². The molecule has 142 valence electrons. The Kier molecular flexibility index (Phi) is 4.89. The fourth-order valence-corrected chi connectivity index (χ4v) is 4.93. The van der Waals surface area contributed by atoms with Crippen LogP contribution in [-0.4, -0.2) is 21.5 Å². The fraction of sp³-hybridized carbons (Fsp3) is 0.0435. The predicted molar refractivity (Wildman–Crippen MR) is 124 cm³/mol. The monoisotopic (exact) mass is 415 g/mol. The molecule has 5 rings (SSSR count). The average Bonchev–Trinajstić information content (AvgIpc) is 3.34. The van der Waals surface area contributed by atoms with Gasteiger partial charge in [0, 0.05) is 10.6 Å². The molecule has 6 heteroatoms. The topological polar surface area (TPSA) is 48.7 Å². The van der Waals surface area contributed by atoms with Gasteiger partial charge in [0.25, 0.3) is 0 Å². The Morgan fingerprint density at radius 2 is 1.72 bits per heavy atom. The van der Waals surface area contributed by atoms with Crippen LogP contribution in [0.4, 0.5) is 11.4 Å². The van der Waals surface area contributed by atoms with Crippen LogP contribution in [0.25, 0.3) is 16.3 Å². The number of aliphatic hydroxyl groups is 1. The molecular weight excluding hydrogens is 398 g/mol. The van der Waals surface area contributed by atoms with E-state index in [0.29, 0.717) is 0 Å². The molecule has 1 unspecified atom stereocenters. The van der Waals surface area contributed by atoms with Crippen LogP contribution in [0.2, 0.25) is 0 Å². The third-order valence-electron chi connectivity index (χ3n) is 4.59. The number of aliphatic imine (C=N–C) groups is 1. The van der Waals surface area contributed by atoms with Gasteiger partial charge in [-0.15, -0.1) is 11.3 Å². The van der Waals surface area contributed by atoms with Crippen LogP contribution >= 0.6 is 23.1 Å². The molecule has 0 saturated carbocycles. The molecule has 4 nitrogen and oxygen atoms in total. The Labute approximate surface area is 176 Å². The molecule has 1 aliphatic heterocycles. The second kappa shape index (κ2) is 7.83. The number of aromatic nitrogens is 1. The molecule has 1 aliphatic rings. The van der Waals surface area contributed by atoms with Crippen LogP contribution in [0.5, 0.6) is 0 Å². The number of thioether (sulfide) groups is 1. The molecule has 29 heavy (non-hydrogen) atoms. The van der Waals surface area contributed by atoms with E-state index in [9.17, 15) is 5.11 Å². The summed E-state index contributed by atoms with van der Waals surface area (Å²) < 4.78 is 1.16. The van der Waals surface area contributed by atoms with Gasteiger partial charge in [0.1, 0.15) is 0 Å². The first-order valence-electron chi connectivity index (χ1n) is 9.17. The molecule has 0 aliphatic carbocycles. The Balaban J connectivity index is 1.56. The number of hydrogen-bond donors (Lipinski definition) is 1. The quantitative estimate of drug-likeness (QED) is 0.453. The molecule has 0 radical (unpaired) electrons. The number of anilines is 1. The molecular formula is C23H17N3OS2. The van der Waals surface area contributed by atoms with Gasteiger partial charge in [0.05, 0.1) is 21.4 Å².